The maximum atomic E-state index is 13.2. The van der Waals surface area contributed by atoms with E-state index in [1.165, 1.54) is 0 Å². The van der Waals surface area contributed by atoms with Gasteiger partial charge in [0.05, 0.1) is 35.8 Å². The van der Waals surface area contributed by atoms with Gasteiger partial charge in [-0.15, -0.1) is 0 Å². The van der Waals surface area contributed by atoms with Gasteiger partial charge in [-0.25, -0.2) is 0 Å². The molecule has 0 radical (unpaired) electrons. The Labute approximate surface area is 215 Å². The topological polar surface area (TPSA) is 65.8 Å². The monoisotopic (exact) mass is 497 g/mol. The molecular formula is C29H27N3O3S. The lowest BCUT2D eigenvalue weighted by Crippen LogP contribution is -2.47. The highest BCUT2D eigenvalue weighted by Crippen LogP contribution is 2.43. The number of fused-ring (bicyclic) bond motifs is 1. The molecule has 6 nitrogen and oxygen atoms in total. The third kappa shape index (κ3) is 5.05. The fourth-order valence-corrected chi connectivity index (χ4v) is 5.64. The Morgan fingerprint density at radius 3 is 2.36 bits per heavy atom. The standard InChI is InChI=1S/C29H27N3O3S/c1-2-34-24-14-10-23(11-15-24)31-19-32-28(33)16-26(27(17-30)29(32)36-20-31)22-8-12-25(13-9-22)35-18-21-6-4-3-5-7-21/h3-15,26H,2,16,18-20H2,1H3. The zero-order chi connectivity index (χ0) is 24.9. The Kier molecular flexibility index (Phi) is 7.15. The number of carbonyl (C=O) groups is 1. The number of hydrogen-bond donors (Lipinski definition) is 0. The summed E-state index contributed by atoms with van der Waals surface area (Å²) in [6.45, 7) is 3.50. The number of thioether (sulfide) groups is 1. The molecule has 1 amide bonds. The highest BCUT2D eigenvalue weighted by molar-refractivity contribution is 8.03. The molecule has 1 fully saturated rings. The van der Waals surface area contributed by atoms with Crippen LogP contribution in [0.5, 0.6) is 11.5 Å². The Bertz CT molecular complexity index is 1280. The van der Waals surface area contributed by atoms with Crippen molar-refractivity contribution >= 4 is 23.4 Å². The van der Waals surface area contributed by atoms with E-state index in [1.807, 2.05) is 85.8 Å². The number of allylic oxidation sites excluding steroid dienone is 1. The molecule has 1 saturated heterocycles. The van der Waals surface area contributed by atoms with Gasteiger partial charge < -0.3 is 14.4 Å². The number of anilines is 1. The SMILES string of the molecule is CCOc1ccc(N2CSC3=C(C#N)C(c4ccc(OCc5ccccc5)cc4)CC(=O)N3C2)cc1. The molecule has 2 heterocycles. The van der Waals surface area contributed by atoms with Crippen molar-refractivity contribution in [1.29, 1.82) is 5.26 Å². The second kappa shape index (κ2) is 10.8. The number of amides is 1. The maximum absolute atomic E-state index is 13.2. The van der Waals surface area contributed by atoms with Crippen LogP contribution in [0.4, 0.5) is 5.69 Å². The summed E-state index contributed by atoms with van der Waals surface area (Å²) in [5.41, 5.74) is 3.73. The van der Waals surface area contributed by atoms with E-state index in [9.17, 15) is 10.1 Å². The Morgan fingerprint density at radius 1 is 0.972 bits per heavy atom. The Morgan fingerprint density at radius 2 is 1.67 bits per heavy atom. The van der Waals surface area contributed by atoms with Crippen LogP contribution in [-0.2, 0) is 11.4 Å². The van der Waals surface area contributed by atoms with Gasteiger partial charge in [0.2, 0.25) is 5.91 Å². The molecule has 2 aliphatic heterocycles. The molecule has 3 aromatic rings. The molecule has 36 heavy (non-hydrogen) atoms. The van der Waals surface area contributed by atoms with Gasteiger partial charge in [0, 0.05) is 18.0 Å². The third-order valence-corrected chi connectivity index (χ3v) is 7.49. The molecule has 0 N–H and O–H groups in total. The van der Waals surface area contributed by atoms with Crippen molar-refractivity contribution in [2.75, 3.05) is 24.1 Å². The van der Waals surface area contributed by atoms with E-state index in [2.05, 4.69) is 11.0 Å². The van der Waals surface area contributed by atoms with Crippen molar-refractivity contribution < 1.29 is 14.3 Å². The molecule has 0 bridgehead atoms. The molecule has 182 valence electrons. The van der Waals surface area contributed by atoms with Crippen LogP contribution in [0, 0.1) is 11.3 Å². The minimum atomic E-state index is -0.249. The summed E-state index contributed by atoms with van der Waals surface area (Å²) in [5.74, 6) is 2.03. The molecule has 1 unspecified atom stereocenters. The lowest BCUT2D eigenvalue weighted by molar-refractivity contribution is -0.129. The van der Waals surface area contributed by atoms with Gasteiger partial charge >= 0.3 is 0 Å². The van der Waals surface area contributed by atoms with Crippen LogP contribution in [0.3, 0.4) is 0 Å². The van der Waals surface area contributed by atoms with Crippen LogP contribution in [0.25, 0.3) is 0 Å². The molecular weight excluding hydrogens is 470 g/mol. The molecule has 7 heteroatoms. The van der Waals surface area contributed by atoms with Gasteiger partial charge in [0.15, 0.2) is 0 Å². The van der Waals surface area contributed by atoms with Gasteiger partial charge in [-0.3, -0.25) is 9.69 Å². The summed E-state index contributed by atoms with van der Waals surface area (Å²) < 4.78 is 11.4. The average molecular weight is 498 g/mol. The first-order valence-corrected chi connectivity index (χ1v) is 13.0. The zero-order valence-electron chi connectivity index (χ0n) is 20.1. The van der Waals surface area contributed by atoms with Crippen LogP contribution in [-0.4, -0.2) is 30.0 Å². The predicted molar refractivity (Wildman–Crippen MR) is 141 cm³/mol. The van der Waals surface area contributed by atoms with Crippen LogP contribution in [0.15, 0.2) is 89.5 Å². The van der Waals surface area contributed by atoms with Crippen molar-refractivity contribution in [2.45, 2.75) is 25.9 Å². The third-order valence-electron chi connectivity index (χ3n) is 6.34. The lowest BCUT2D eigenvalue weighted by Gasteiger charge is -2.42. The number of benzene rings is 3. The summed E-state index contributed by atoms with van der Waals surface area (Å²) in [5, 5.41) is 10.8. The lowest BCUT2D eigenvalue weighted by atomic mass is 9.86. The predicted octanol–water partition coefficient (Wildman–Crippen LogP) is 5.88. The number of hydrogen-bond acceptors (Lipinski definition) is 6. The van der Waals surface area contributed by atoms with Gasteiger partial charge in [0.25, 0.3) is 0 Å². The van der Waals surface area contributed by atoms with E-state index in [1.54, 1.807) is 16.7 Å². The first-order chi connectivity index (χ1) is 17.7. The molecule has 1 atom stereocenters. The molecule has 3 aromatic carbocycles. The zero-order valence-corrected chi connectivity index (χ0v) is 20.9. The molecule has 2 aliphatic rings. The van der Waals surface area contributed by atoms with Crippen molar-refractivity contribution in [2.24, 2.45) is 0 Å². The maximum Gasteiger partial charge on any atom is 0.229 e. The van der Waals surface area contributed by atoms with Crippen LogP contribution >= 0.6 is 11.8 Å². The van der Waals surface area contributed by atoms with Crippen molar-refractivity contribution in [1.82, 2.24) is 4.90 Å². The molecule has 0 saturated carbocycles. The van der Waals surface area contributed by atoms with Crippen LogP contribution < -0.4 is 14.4 Å². The van der Waals surface area contributed by atoms with E-state index < -0.39 is 0 Å². The number of ether oxygens (including phenoxy) is 2. The summed E-state index contributed by atoms with van der Waals surface area (Å²) in [4.78, 5) is 17.1. The smallest absolute Gasteiger partial charge is 0.229 e. The fraction of sp³-hybridized carbons (Fsp3) is 0.241. The number of rotatable bonds is 7. The van der Waals surface area contributed by atoms with E-state index in [0.717, 1.165) is 33.3 Å². The first-order valence-electron chi connectivity index (χ1n) is 12.0. The average Bonchev–Trinajstić information content (AvgIpc) is 2.93. The molecule has 0 aromatic heterocycles. The minimum absolute atomic E-state index is 0.0292. The number of nitriles is 1. The van der Waals surface area contributed by atoms with Crippen molar-refractivity contribution in [3.05, 3.63) is 101 Å². The quantitative estimate of drug-likeness (QED) is 0.406. The highest BCUT2D eigenvalue weighted by atomic mass is 32.2. The molecule has 0 aliphatic carbocycles. The largest absolute Gasteiger partial charge is 0.494 e. The highest BCUT2D eigenvalue weighted by Gasteiger charge is 2.38. The molecule has 5 rings (SSSR count). The normalized spacial score (nSPS) is 17.4. The molecule has 0 spiro atoms. The van der Waals surface area contributed by atoms with E-state index in [0.29, 0.717) is 31.3 Å². The minimum Gasteiger partial charge on any atom is -0.494 e. The van der Waals surface area contributed by atoms with E-state index in [4.69, 9.17) is 9.47 Å². The fourth-order valence-electron chi connectivity index (χ4n) is 4.47. The van der Waals surface area contributed by atoms with Gasteiger partial charge in [-0.05, 0) is 54.4 Å². The Balaban J connectivity index is 1.30. The Hall–Kier alpha value is -3.89. The first kappa shape index (κ1) is 23.8. The summed E-state index contributed by atoms with van der Waals surface area (Å²) in [6, 6.07) is 28.1. The van der Waals surface area contributed by atoms with Crippen molar-refractivity contribution in [3.63, 3.8) is 0 Å². The van der Waals surface area contributed by atoms with Crippen LogP contribution in [0.2, 0.25) is 0 Å². The summed E-state index contributed by atoms with van der Waals surface area (Å²) in [6.07, 6.45) is 0.272. The van der Waals surface area contributed by atoms with Gasteiger partial charge in [-0.2, -0.15) is 5.26 Å². The van der Waals surface area contributed by atoms with Crippen molar-refractivity contribution in [3.8, 4) is 17.6 Å². The summed E-state index contributed by atoms with van der Waals surface area (Å²) >= 11 is 1.54. The second-order valence-corrected chi connectivity index (χ2v) is 9.57. The number of carbonyl (C=O) groups excluding carboxylic acids is 1. The summed E-state index contributed by atoms with van der Waals surface area (Å²) in [7, 11) is 0. The van der Waals surface area contributed by atoms with E-state index >= 15 is 0 Å². The van der Waals surface area contributed by atoms with E-state index in [-0.39, 0.29) is 18.2 Å². The number of nitrogens with zero attached hydrogens (tertiary/aromatic N) is 3. The van der Waals surface area contributed by atoms with Gasteiger partial charge in [0.1, 0.15) is 18.1 Å². The second-order valence-electron chi connectivity index (χ2n) is 8.63. The van der Waals surface area contributed by atoms with Crippen LogP contribution in [0.1, 0.15) is 30.4 Å². The van der Waals surface area contributed by atoms with Gasteiger partial charge in [-0.1, -0.05) is 54.2 Å².